The van der Waals surface area contributed by atoms with Crippen LogP contribution in [0, 0.1) is 0 Å². The molecule has 5 heteroatoms. The number of hydrogen-bond donors (Lipinski definition) is 2. The smallest absolute Gasteiger partial charge is 0.204 e. The van der Waals surface area contributed by atoms with E-state index in [1.807, 2.05) is 0 Å². The number of rotatable bonds is 0. The Kier molecular flexibility index (Phi) is 5.36. The van der Waals surface area contributed by atoms with E-state index in [1.54, 1.807) is 23.8 Å². The number of allylic oxidation sites excluding steroid dienone is 2. The molecule has 3 N–H and O–H groups in total. The van der Waals surface area contributed by atoms with E-state index in [9.17, 15) is 4.21 Å². The third-order valence-corrected chi connectivity index (χ3v) is 1.37. The fourth-order valence-electron chi connectivity index (χ4n) is 0.318. The van der Waals surface area contributed by atoms with Crippen molar-refractivity contribution in [1.29, 1.82) is 0 Å². The van der Waals surface area contributed by atoms with E-state index in [1.165, 1.54) is 0 Å². The van der Waals surface area contributed by atoms with Crippen molar-refractivity contribution < 1.29 is 9.00 Å². The zero-order valence-corrected chi connectivity index (χ0v) is 6.01. The third kappa shape index (κ3) is 5.04. The van der Waals surface area contributed by atoms with Gasteiger partial charge in [0.05, 0.1) is 0 Å². The molecular formula is C5H8N2O2S. The molecule has 0 aromatic rings. The van der Waals surface area contributed by atoms with E-state index in [-0.39, 0.29) is 6.41 Å². The molecular weight excluding hydrogens is 152 g/mol. The molecule has 0 aromatic carbocycles. The Hall–Kier alpha value is -1.10. The average molecular weight is 160 g/mol. The summed E-state index contributed by atoms with van der Waals surface area (Å²) in [6.45, 7) is 0. The molecule has 0 fully saturated rings. The second-order valence-electron chi connectivity index (χ2n) is 1.24. The van der Waals surface area contributed by atoms with Gasteiger partial charge >= 0.3 is 0 Å². The van der Waals surface area contributed by atoms with Crippen LogP contribution in [0.4, 0.5) is 0 Å². The lowest BCUT2D eigenvalue weighted by molar-refractivity contribution is -0.106. The predicted molar refractivity (Wildman–Crippen MR) is 39.8 cm³/mol. The van der Waals surface area contributed by atoms with Crippen LogP contribution in [0.1, 0.15) is 0 Å². The monoisotopic (exact) mass is 160 g/mol. The summed E-state index contributed by atoms with van der Waals surface area (Å²) in [6, 6.07) is 0. The van der Waals surface area contributed by atoms with Gasteiger partial charge in [0.2, 0.25) is 6.41 Å². The van der Waals surface area contributed by atoms with E-state index in [2.05, 4.69) is 10.5 Å². The van der Waals surface area contributed by atoms with Crippen molar-refractivity contribution >= 4 is 17.4 Å². The number of amides is 1. The summed E-state index contributed by atoms with van der Waals surface area (Å²) in [5.74, 6) is 0. The van der Waals surface area contributed by atoms with Crippen LogP contribution in [-0.4, -0.2) is 10.6 Å². The normalized spacial score (nSPS) is 20.2. The van der Waals surface area contributed by atoms with E-state index in [4.69, 9.17) is 4.79 Å². The summed E-state index contributed by atoms with van der Waals surface area (Å²) in [4.78, 5) is 8.58. The first-order valence-electron chi connectivity index (χ1n) is 2.46. The van der Waals surface area contributed by atoms with Gasteiger partial charge in [0.1, 0.15) is 11.0 Å². The zero-order chi connectivity index (χ0) is 7.82. The van der Waals surface area contributed by atoms with E-state index in [0.717, 1.165) is 0 Å². The molecule has 0 aromatic heterocycles. The summed E-state index contributed by atoms with van der Waals surface area (Å²) in [6.07, 6.45) is 5.43. The first-order valence-corrected chi connectivity index (χ1v) is 3.68. The number of primary amides is 1. The highest BCUT2D eigenvalue weighted by Crippen LogP contribution is 1.86. The molecule has 0 aliphatic carbocycles. The molecule has 4 nitrogen and oxygen atoms in total. The zero-order valence-electron chi connectivity index (χ0n) is 5.19. The topological polar surface area (TPSA) is 72.2 Å². The van der Waals surface area contributed by atoms with Gasteiger partial charge in [-0.1, -0.05) is 6.08 Å². The summed E-state index contributed by atoms with van der Waals surface area (Å²) >= 11 is 0. The lowest BCUT2D eigenvalue weighted by Gasteiger charge is -1.94. The standard InChI is InChI=1S/C4H5NOS.CH3NO/c6-7-4-2-1-3-5-7;2-1-3/h1-5H;1H,(H2,2,3). The SMILES string of the molecule is NC=O.O=S1C=CC=CN1. The van der Waals surface area contributed by atoms with Gasteiger partial charge in [-0.05, 0) is 6.08 Å². The van der Waals surface area contributed by atoms with Crippen LogP contribution < -0.4 is 10.5 Å². The molecule has 0 radical (unpaired) electrons. The maximum absolute atomic E-state index is 10.3. The van der Waals surface area contributed by atoms with E-state index < -0.39 is 11.0 Å². The largest absolute Gasteiger partial charge is 0.372 e. The highest BCUT2D eigenvalue weighted by molar-refractivity contribution is 7.86. The maximum Gasteiger partial charge on any atom is 0.204 e. The minimum absolute atomic E-state index is 0.250. The molecule has 10 heavy (non-hydrogen) atoms. The van der Waals surface area contributed by atoms with Crippen molar-refractivity contribution in [3.63, 3.8) is 0 Å². The van der Waals surface area contributed by atoms with Crippen LogP contribution in [0.3, 0.4) is 0 Å². The van der Waals surface area contributed by atoms with Crippen molar-refractivity contribution in [2.24, 2.45) is 5.73 Å². The lowest BCUT2D eigenvalue weighted by atomic mass is 10.6. The molecule has 0 saturated heterocycles. The highest BCUT2D eigenvalue weighted by Gasteiger charge is 1.87. The Morgan fingerprint density at radius 1 is 1.50 bits per heavy atom. The second-order valence-corrected chi connectivity index (χ2v) is 2.34. The molecule has 1 amide bonds. The number of nitrogens with one attached hydrogen (secondary N) is 1. The average Bonchev–Trinajstić information content (AvgIpc) is 1.91. The van der Waals surface area contributed by atoms with Crippen LogP contribution in [0.25, 0.3) is 0 Å². The summed E-state index contributed by atoms with van der Waals surface area (Å²) in [5.41, 5.74) is 4.17. The Labute approximate surface area is 61.4 Å². The Bertz CT molecular complexity index is 176. The van der Waals surface area contributed by atoms with E-state index in [0.29, 0.717) is 0 Å². The maximum atomic E-state index is 10.3. The molecule has 1 atom stereocenters. The molecule has 0 spiro atoms. The highest BCUT2D eigenvalue weighted by atomic mass is 32.2. The van der Waals surface area contributed by atoms with Crippen molar-refractivity contribution in [3.8, 4) is 0 Å². The van der Waals surface area contributed by atoms with Crippen molar-refractivity contribution in [1.82, 2.24) is 4.72 Å². The second kappa shape index (κ2) is 6.03. The molecule has 56 valence electrons. The first kappa shape index (κ1) is 8.90. The molecule has 0 saturated carbocycles. The minimum atomic E-state index is -0.958. The van der Waals surface area contributed by atoms with Gasteiger partial charge < -0.3 is 10.5 Å². The number of nitrogens with two attached hydrogens (primary N) is 1. The van der Waals surface area contributed by atoms with Crippen LogP contribution in [-0.2, 0) is 15.8 Å². The Morgan fingerprint density at radius 3 is 2.30 bits per heavy atom. The third-order valence-electron chi connectivity index (χ3n) is 0.594. The van der Waals surface area contributed by atoms with Gasteiger partial charge in [-0.2, -0.15) is 0 Å². The quantitative estimate of drug-likeness (QED) is 0.464. The van der Waals surface area contributed by atoms with E-state index >= 15 is 0 Å². The number of hydrogen-bond acceptors (Lipinski definition) is 2. The van der Waals surface area contributed by atoms with Crippen LogP contribution >= 0.6 is 0 Å². The molecule has 1 heterocycles. The lowest BCUT2D eigenvalue weighted by Crippen LogP contribution is -2.07. The molecule has 1 rings (SSSR count). The predicted octanol–water partition coefficient (Wildman–Crippen LogP) is -0.618. The Morgan fingerprint density at radius 2 is 2.10 bits per heavy atom. The van der Waals surface area contributed by atoms with Gasteiger partial charge in [0.25, 0.3) is 0 Å². The van der Waals surface area contributed by atoms with Crippen molar-refractivity contribution in [3.05, 3.63) is 23.8 Å². The van der Waals surface area contributed by atoms with Crippen LogP contribution in [0.2, 0.25) is 0 Å². The van der Waals surface area contributed by atoms with Crippen molar-refractivity contribution in [2.75, 3.05) is 0 Å². The first-order chi connectivity index (χ1) is 4.81. The fourth-order valence-corrected chi connectivity index (χ4v) is 0.843. The molecule has 1 aliphatic rings. The van der Waals surface area contributed by atoms with Crippen LogP contribution in [0.15, 0.2) is 23.8 Å². The van der Waals surface area contributed by atoms with Gasteiger partial charge in [-0.15, -0.1) is 0 Å². The fraction of sp³-hybridized carbons (Fsp3) is 0. The van der Waals surface area contributed by atoms with Gasteiger partial charge in [0.15, 0.2) is 0 Å². The van der Waals surface area contributed by atoms with Gasteiger partial charge in [-0.25, -0.2) is 4.21 Å². The molecule has 1 aliphatic heterocycles. The Balaban J connectivity index is 0.000000236. The number of carbonyl (C=O) groups is 1. The van der Waals surface area contributed by atoms with Crippen LogP contribution in [0.5, 0.6) is 0 Å². The number of carbonyl (C=O) groups excluding carboxylic acids is 1. The molecule has 0 bridgehead atoms. The molecule has 1 unspecified atom stereocenters. The van der Waals surface area contributed by atoms with Gasteiger partial charge in [0, 0.05) is 11.6 Å². The summed E-state index contributed by atoms with van der Waals surface area (Å²) in [7, 11) is -0.958. The minimum Gasteiger partial charge on any atom is -0.372 e. The van der Waals surface area contributed by atoms with Crippen molar-refractivity contribution in [2.45, 2.75) is 0 Å². The summed E-state index contributed by atoms with van der Waals surface area (Å²) in [5, 5.41) is 1.58. The summed E-state index contributed by atoms with van der Waals surface area (Å²) < 4.78 is 12.9. The van der Waals surface area contributed by atoms with Gasteiger partial charge in [-0.3, -0.25) is 4.79 Å².